The summed E-state index contributed by atoms with van der Waals surface area (Å²) in [7, 11) is -2.15. The minimum absolute atomic E-state index is 0.128. The maximum absolute atomic E-state index is 12.2. The molecule has 0 aliphatic rings. The van der Waals surface area contributed by atoms with Crippen molar-refractivity contribution in [1.29, 1.82) is 0 Å². The van der Waals surface area contributed by atoms with E-state index in [4.69, 9.17) is 0 Å². The number of aryl methyl sites for hydroxylation is 1. The van der Waals surface area contributed by atoms with E-state index in [0.29, 0.717) is 5.56 Å². The van der Waals surface area contributed by atoms with Crippen LogP contribution in [0, 0.1) is 6.92 Å². The molecule has 0 radical (unpaired) electrons. The molecule has 0 aliphatic heterocycles. The smallest absolute Gasteiger partial charge is 0.251 e. The molecule has 1 amide bonds. The lowest BCUT2D eigenvalue weighted by Gasteiger charge is -2.15. The Kier molecular flexibility index (Phi) is 5.18. The zero-order valence-electron chi connectivity index (χ0n) is 13.3. The van der Waals surface area contributed by atoms with Gasteiger partial charge in [-0.2, -0.15) is 0 Å². The maximum atomic E-state index is 12.2. The van der Waals surface area contributed by atoms with Crippen LogP contribution < -0.4 is 10.0 Å². The zero-order chi connectivity index (χ0) is 17.0. The van der Waals surface area contributed by atoms with E-state index in [1.165, 1.54) is 31.3 Å². The van der Waals surface area contributed by atoms with Crippen LogP contribution in [0.4, 0.5) is 0 Å². The van der Waals surface area contributed by atoms with E-state index < -0.39 is 10.0 Å². The van der Waals surface area contributed by atoms with Crippen LogP contribution >= 0.6 is 0 Å². The van der Waals surface area contributed by atoms with Gasteiger partial charge in [-0.3, -0.25) is 4.79 Å². The van der Waals surface area contributed by atoms with Gasteiger partial charge in [-0.25, -0.2) is 13.1 Å². The molecular weight excluding hydrogens is 312 g/mol. The molecule has 0 bridgehead atoms. The molecule has 1 unspecified atom stereocenters. The Bertz CT molecular complexity index is 782. The second-order valence-electron chi connectivity index (χ2n) is 5.34. The summed E-state index contributed by atoms with van der Waals surface area (Å²) in [5.41, 5.74) is 2.59. The zero-order valence-corrected chi connectivity index (χ0v) is 14.1. The van der Waals surface area contributed by atoms with E-state index in [0.717, 1.165) is 11.1 Å². The van der Waals surface area contributed by atoms with Gasteiger partial charge < -0.3 is 5.32 Å². The molecule has 0 saturated carbocycles. The van der Waals surface area contributed by atoms with Crippen LogP contribution in [-0.2, 0) is 10.0 Å². The quantitative estimate of drug-likeness (QED) is 0.883. The van der Waals surface area contributed by atoms with Crippen LogP contribution in [0.25, 0.3) is 0 Å². The minimum Gasteiger partial charge on any atom is -0.346 e. The summed E-state index contributed by atoms with van der Waals surface area (Å²) >= 11 is 0. The van der Waals surface area contributed by atoms with Gasteiger partial charge in [-0.15, -0.1) is 0 Å². The molecule has 2 rings (SSSR count). The monoisotopic (exact) mass is 332 g/mol. The van der Waals surface area contributed by atoms with Crippen molar-refractivity contribution in [2.24, 2.45) is 0 Å². The summed E-state index contributed by atoms with van der Waals surface area (Å²) in [5, 5.41) is 2.90. The van der Waals surface area contributed by atoms with Crippen molar-refractivity contribution >= 4 is 15.9 Å². The Labute approximate surface area is 136 Å². The fraction of sp³-hybridized carbons (Fsp3) is 0.235. The number of amides is 1. The number of hydrogen-bond acceptors (Lipinski definition) is 3. The lowest BCUT2D eigenvalue weighted by Crippen LogP contribution is -2.26. The molecule has 0 spiro atoms. The van der Waals surface area contributed by atoms with Crippen molar-refractivity contribution in [2.75, 3.05) is 7.05 Å². The third kappa shape index (κ3) is 4.18. The maximum Gasteiger partial charge on any atom is 0.251 e. The van der Waals surface area contributed by atoms with Crippen molar-refractivity contribution in [3.05, 3.63) is 65.2 Å². The molecule has 23 heavy (non-hydrogen) atoms. The van der Waals surface area contributed by atoms with Gasteiger partial charge in [0.05, 0.1) is 10.9 Å². The van der Waals surface area contributed by atoms with Gasteiger partial charge in [-0.1, -0.05) is 29.8 Å². The van der Waals surface area contributed by atoms with Crippen molar-refractivity contribution in [3.8, 4) is 0 Å². The summed E-state index contributed by atoms with van der Waals surface area (Å²) in [4.78, 5) is 12.4. The Morgan fingerprint density at radius 1 is 1.00 bits per heavy atom. The van der Waals surface area contributed by atoms with Crippen LogP contribution in [0.1, 0.15) is 34.5 Å². The Morgan fingerprint density at radius 2 is 1.57 bits per heavy atom. The first-order chi connectivity index (χ1) is 10.8. The highest BCUT2D eigenvalue weighted by atomic mass is 32.2. The Morgan fingerprint density at radius 3 is 2.09 bits per heavy atom. The van der Waals surface area contributed by atoms with Crippen molar-refractivity contribution < 1.29 is 13.2 Å². The standard InChI is InChI=1S/C17H20N2O3S/c1-12-4-6-14(7-5-12)13(2)19-17(20)15-8-10-16(11-9-15)23(21,22)18-3/h4-11,13,18H,1-3H3,(H,19,20). The first-order valence-corrected chi connectivity index (χ1v) is 8.73. The van der Waals surface area contributed by atoms with Crippen molar-refractivity contribution in [1.82, 2.24) is 10.0 Å². The fourth-order valence-electron chi connectivity index (χ4n) is 2.12. The number of sulfonamides is 1. The van der Waals surface area contributed by atoms with Gasteiger partial charge in [0.1, 0.15) is 0 Å². The van der Waals surface area contributed by atoms with Crippen LogP contribution in [0.15, 0.2) is 53.4 Å². The van der Waals surface area contributed by atoms with Gasteiger partial charge in [0.15, 0.2) is 0 Å². The van der Waals surface area contributed by atoms with E-state index >= 15 is 0 Å². The van der Waals surface area contributed by atoms with Gasteiger partial charge in [0, 0.05) is 5.56 Å². The molecule has 1 atom stereocenters. The van der Waals surface area contributed by atoms with Crippen LogP contribution in [-0.4, -0.2) is 21.4 Å². The average molecular weight is 332 g/mol. The third-order valence-electron chi connectivity index (χ3n) is 3.62. The van der Waals surface area contributed by atoms with Crippen molar-refractivity contribution in [3.63, 3.8) is 0 Å². The molecule has 0 aromatic heterocycles. The van der Waals surface area contributed by atoms with E-state index in [1.807, 2.05) is 38.1 Å². The predicted molar refractivity (Wildman–Crippen MR) is 89.7 cm³/mol. The second-order valence-corrected chi connectivity index (χ2v) is 7.22. The van der Waals surface area contributed by atoms with Crippen LogP contribution in [0.5, 0.6) is 0 Å². The lowest BCUT2D eigenvalue weighted by molar-refractivity contribution is 0.0940. The van der Waals surface area contributed by atoms with Crippen molar-refractivity contribution in [2.45, 2.75) is 24.8 Å². The SMILES string of the molecule is CNS(=O)(=O)c1ccc(C(=O)NC(C)c2ccc(C)cc2)cc1. The van der Waals surface area contributed by atoms with E-state index in [9.17, 15) is 13.2 Å². The minimum atomic E-state index is -3.49. The highest BCUT2D eigenvalue weighted by Crippen LogP contribution is 2.15. The van der Waals surface area contributed by atoms with Gasteiger partial charge in [0.2, 0.25) is 10.0 Å². The molecule has 0 fully saturated rings. The first-order valence-electron chi connectivity index (χ1n) is 7.24. The topological polar surface area (TPSA) is 75.3 Å². The highest BCUT2D eigenvalue weighted by molar-refractivity contribution is 7.89. The summed E-state index contributed by atoms with van der Waals surface area (Å²) in [6.45, 7) is 3.91. The molecule has 6 heteroatoms. The molecule has 2 aromatic carbocycles. The second kappa shape index (κ2) is 6.93. The van der Waals surface area contributed by atoms with E-state index in [2.05, 4.69) is 10.0 Å². The normalized spacial score (nSPS) is 12.7. The Hall–Kier alpha value is -2.18. The summed E-state index contributed by atoms with van der Waals surface area (Å²) in [6, 6.07) is 13.6. The third-order valence-corrected chi connectivity index (χ3v) is 5.05. The summed E-state index contributed by atoms with van der Waals surface area (Å²) in [6.07, 6.45) is 0. The number of rotatable bonds is 5. The molecule has 0 aliphatic carbocycles. The number of nitrogens with one attached hydrogen (secondary N) is 2. The molecule has 122 valence electrons. The molecule has 0 saturated heterocycles. The molecule has 2 N–H and O–H groups in total. The lowest BCUT2D eigenvalue weighted by atomic mass is 10.1. The van der Waals surface area contributed by atoms with Gasteiger partial charge >= 0.3 is 0 Å². The Balaban J connectivity index is 2.10. The number of benzene rings is 2. The number of carbonyl (C=O) groups is 1. The number of carbonyl (C=O) groups excluding carboxylic acids is 1. The average Bonchev–Trinajstić information content (AvgIpc) is 2.55. The molecule has 0 heterocycles. The fourth-order valence-corrected chi connectivity index (χ4v) is 2.85. The highest BCUT2D eigenvalue weighted by Gasteiger charge is 2.14. The van der Waals surface area contributed by atoms with E-state index in [-0.39, 0.29) is 16.8 Å². The first kappa shape index (κ1) is 17.2. The van der Waals surface area contributed by atoms with E-state index in [1.54, 1.807) is 0 Å². The summed E-state index contributed by atoms with van der Waals surface area (Å²) in [5.74, 6) is -0.244. The summed E-state index contributed by atoms with van der Waals surface area (Å²) < 4.78 is 25.6. The molecule has 2 aromatic rings. The van der Waals surface area contributed by atoms with Gasteiger partial charge in [0.25, 0.3) is 5.91 Å². The van der Waals surface area contributed by atoms with Crippen LogP contribution in [0.2, 0.25) is 0 Å². The van der Waals surface area contributed by atoms with Crippen LogP contribution in [0.3, 0.4) is 0 Å². The molecular formula is C17H20N2O3S. The predicted octanol–water partition coefficient (Wildman–Crippen LogP) is 2.39. The molecule has 5 nitrogen and oxygen atoms in total. The largest absolute Gasteiger partial charge is 0.346 e. The number of hydrogen-bond donors (Lipinski definition) is 2. The van der Waals surface area contributed by atoms with Gasteiger partial charge in [-0.05, 0) is 50.7 Å².